The number of aliphatic carboxylic acids is 2. The van der Waals surface area contributed by atoms with Gasteiger partial charge in [0, 0.05) is 29.3 Å². The van der Waals surface area contributed by atoms with Crippen LogP contribution in [0.2, 0.25) is 0 Å². The number of fused-ring (bicyclic) bond motifs is 1. The number of para-hydroxylation sites is 1. The Morgan fingerprint density at radius 3 is 2.54 bits per heavy atom. The highest BCUT2D eigenvalue weighted by atomic mass is 35.5. The van der Waals surface area contributed by atoms with Crippen LogP contribution in [0.1, 0.15) is 18.9 Å². The Kier molecular flexibility index (Phi) is 5.46. The third kappa shape index (κ3) is 3.86. The normalized spacial score (nSPS) is 21.2. The van der Waals surface area contributed by atoms with E-state index in [1.165, 1.54) is 30.3 Å². The summed E-state index contributed by atoms with van der Waals surface area (Å²) in [6.07, 6.45) is 6.83. The molecule has 1 heterocycles. The summed E-state index contributed by atoms with van der Waals surface area (Å²) in [5.74, 6) is -2.23. The van der Waals surface area contributed by atoms with Crippen molar-refractivity contribution in [1.29, 1.82) is 0 Å². The molecular formula is C18H18ClNO4. The maximum absolute atomic E-state index is 10.9. The van der Waals surface area contributed by atoms with Crippen LogP contribution < -0.4 is 5.32 Å². The standard InChI is InChI=1S/C9H9ClO4.C9H9N/c1-9(8(13)14)4-5(7(11)12)2-3-6(9)10;1-2-6-9-8(4-1)5-3-7-10-9/h2-3H,4H2,1H3,(H,11,12)(H,13,14);1-6,10H,7H2. The van der Waals surface area contributed by atoms with Crippen molar-refractivity contribution >= 4 is 35.3 Å². The summed E-state index contributed by atoms with van der Waals surface area (Å²) in [7, 11) is 0. The lowest BCUT2D eigenvalue weighted by molar-refractivity contribution is -0.145. The minimum absolute atomic E-state index is 0.0549. The summed E-state index contributed by atoms with van der Waals surface area (Å²) in [6.45, 7) is 2.36. The number of benzene rings is 1. The second-order valence-corrected chi connectivity index (χ2v) is 6.10. The fraction of sp³-hybridized carbons (Fsp3) is 0.222. The third-order valence-corrected chi connectivity index (χ3v) is 4.46. The van der Waals surface area contributed by atoms with E-state index in [1.54, 1.807) is 0 Å². The van der Waals surface area contributed by atoms with Crippen LogP contribution in [0.25, 0.3) is 6.08 Å². The van der Waals surface area contributed by atoms with Crippen LogP contribution in [-0.2, 0) is 9.59 Å². The van der Waals surface area contributed by atoms with Gasteiger partial charge in [0.25, 0.3) is 0 Å². The first-order valence-corrected chi connectivity index (χ1v) is 7.75. The molecule has 6 heteroatoms. The molecule has 0 fully saturated rings. The Morgan fingerprint density at radius 1 is 1.21 bits per heavy atom. The summed E-state index contributed by atoms with van der Waals surface area (Å²) in [5.41, 5.74) is 1.27. The minimum Gasteiger partial charge on any atom is -0.481 e. The molecule has 1 aromatic rings. The van der Waals surface area contributed by atoms with E-state index in [0.29, 0.717) is 0 Å². The quantitative estimate of drug-likeness (QED) is 0.758. The van der Waals surface area contributed by atoms with Gasteiger partial charge in [-0.3, -0.25) is 4.79 Å². The molecule has 1 aliphatic heterocycles. The first kappa shape index (κ1) is 17.8. The van der Waals surface area contributed by atoms with Crippen molar-refractivity contribution in [3.05, 3.63) is 58.7 Å². The average molecular weight is 348 g/mol. The van der Waals surface area contributed by atoms with Crippen LogP contribution in [0.15, 0.2) is 53.1 Å². The minimum atomic E-state index is -1.32. The van der Waals surface area contributed by atoms with E-state index >= 15 is 0 Å². The average Bonchev–Trinajstić information content (AvgIpc) is 2.58. The lowest BCUT2D eigenvalue weighted by Crippen LogP contribution is -2.31. The van der Waals surface area contributed by atoms with Crippen LogP contribution >= 0.6 is 11.6 Å². The van der Waals surface area contributed by atoms with Gasteiger partial charge in [0.15, 0.2) is 0 Å². The van der Waals surface area contributed by atoms with Crippen LogP contribution in [0, 0.1) is 5.41 Å². The van der Waals surface area contributed by atoms with Crippen molar-refractivity contribution in [1.82, 2.24) is 0 Å². The molecule has 0 radical (unpaired) electrons. The van der Waals surface area contributed by atoms with E-state index in [-0.39, 0.29) is 17.0 Å². The van der Waals surface area contributed by atoms with Gasteiger partial charge in [0.1, 0.15) is 5.41 Å². The van der Waals surface area contributed by atoms with Gasteiger partial charge in [0.05, 0.1) is 0 Å². The number of carboxylic acid groups (broad SMARTS) is 2. The molecule has 5 nitrogen and oxygen atoms in total. The van der Waals surface area contributed by atoms with Crippen molar-refractivity contribution in [3.63, 3.8) is 0 Å². The molecule has 1 aliphatic carbocycles. The largest absolute Gasteiger partial charge is 0.481 e. The molecule has 0 spiro atoms. The van der Waals surface area contributed by atoms with E-state index in [4.69, 9.17) is 21.8 Å². The monoisotopic (exact) mass is 347 g/mol. The van der Waals surface area contributed by atoms with Crippen LogP contribution in [0.4, 0.5) is 5.69 Å². The second kappa shape index (κ2) is 7.36. The number of nitrogens with one attached hydrogen (secondary N) is 1. The maximum Gasteiger partial charge on any atom is 0.331 e. The number of halogens is 1. The molecule has 0 saturated heterocycles. The number of rotatable bonds is 2. The zero-order valence-corrected chi connectivity index (χ0v) is 13.9. The summed E-state index contributed by atoms with van der Waals surface area (Å²) < 4.78 is 0. The molecule has 2 aliphatic rings. The highest BCUT2D eigenvalue weighted by molar-refractivity contribution is 6.32. The van der Waals surface area contributed by atoms with Crippen LogP contribution in [0.3, 0.4) is 0 Å². The van der Waals surface area contributed by atoms with Crippen LogP contribution in [0.5, 0.6) is 0 Å². The van der Waals surface area contributed by atoms with E-state index in [0.717, 1.165) is 6.54 Å². The lowest BCUT2D eigenvalue weighted by Gasteiger charge is -2.26. The molecule has 0 aromatic heterocycles. The number of carbonyl (C=O) groups is 2. The van der Waals surface area contributed by atoms with Gasteiger partial charge in [-0.2, -0.15) is 0 Å². The van der Waals surface area contributed by atoms with Gasteiger partial charge in [-0.1, -0.05) is 48.0 Å². The molecule has 0 amide bonds. The van der Waals surface area contributed by atoms with Crippen molar-refractivity contribution in [3.8, 4) is 0 Å². The van der Waals surface area contributed by atoms with Crippen molar-refractivity contribution in [2.24, 2.45) is 5.41 Å². The molecule has 0 bridgehead atoms. The summed E-state index contributed by atoms with van der Waals surface area (Å²) in [6, 6.07) is 8.30. The zero-order valence-electron chi connectivity index (χ0n) is 13.1. The first-order valence-electron chi connectivity index (χ1n) is 7.37. The predicted molar refractivity (Wildman–Crippen MR) is 94.0 cm³/mol. The smallest absolute Gasteiger partial charge is 0.331 e. The number of hydrogen-bond acceptors (Lipinski definition) is 3. The number of carboxylic acids is 2. The van der Waals surface area contributed by atoms with Gasteiger partial charge in [0.2, 0.25) is 0 Å². The molecule has 126 valence electrons. The molecule has 0 saturated carbocycles. The fourth-order valence-corrected chi connectivity index (χ4v) is 2.58. The Hall–Kier alpha value is -2.53. The van der Waals surface area contributed by atoms with E-state index in [1.807, 2.05) is 6.07 Å². The predicted octanol–water partition coefficient (Wildman–Crippen LogP) is 3.74. The van der Waals surface area contributed by atoms with Crippen LogP contribution in [-0.4, -0.2) is 28.7 Å². The zero-order chi connectivity index (χ0) is 17.7. The van der Waals surface area contributed by atoms with E-state index in [2.05, 4.69) is 35.7 Å². The van der Waals surface area contributed by atoms with Crippen molar-refractivity contribution in [2.45, 2.75) is 13.3 Å². The molecule has 1 aromatic carbocycles. The van der Waals surface area contributed by atoms with Crippen molar-refractivity contribution < 1.29 is 19.8 Å². The molecule has 24 heavy (non-hydrogen) atoms. The fourth-order valence-electron chi connectivity index (χ4n) is 2.36. The molecule has 3 rings (SSSR count). The SMILES string of the molecule is C1=Cc2ccccc2NC1.CC1(C(=O)O)CC(C(=O)O)=CC=C1Cl. The van der Waals surface area contributed by atoms with Gasteiger partial charge < -0.3 is 15.5 Å². The van der Waals surface area contributed by atoms with Gasteiger partial charge in [-0.15, -0.1) is 0 Å². The van der Waals surface area contributed by atoms with Crippen molar-refractivity contribution in [2.75, 3.05) is 11.9 Å². The molecule has 3 N–H and O–H groups in total. The Bertz CT molecular complexity index is 751. The third-order valence-electron chi connectivity index (χ3n) is 3.92. The second-order valence-electron chi connectivity index (χ2n) is 5.70. The summed E-state index contributed by atoms with van der Waals surface area (Å²) in [4.78, 5) is 21.5. The molecular weight excluding hydrogens is 330 g/mol. The number of hydrogen-bond donors (Lipinski definition) is 3. The Balaban J connectivity index is 0.000000182. The van der Waals surface area contributed by atoms with Gasteiger partial charge in [-0.25, -0.2) is 4.79 Å². The molecule has 1 atom stereocenters. The Labute approximate surface area is 145 Å². The molecule has 1 unspecified atom stereocenters. The highest BCUT2D eigenvalue weighted by Gasteiger charge is 2.40. The summed E-state index contributed by atoms with van der Waals surface area (Å²) in [5, 5.41) is 21.1. The topological polar surface area (TPSA) is 86.6 Å². The highest BCUT2D eigenvalue weighted by Crippen LogP contribution is 2.39. The Morgan fingerprint density at radius 2 is 1.92 bits per heavy atom. The lowest BCUT2D eigenvalue weighted by atomic mass is 9.80. The van der Waals surface area contributed by atoms with Gasteiger partial charge in [-0.05, 0) is 24.6 Å². The van der Waals surface area contributed by atoms with E-state index in [9.17, 15) is 9.59 Å². The maximum atomic E-state index is 10.9. The number of allylic oxidation sites excluding steroid dienone is 2. The first-order chi connectivity index (χ1) is 11.3. The summed E-state index contributed by atoms with van der Waals surface area (Å²) >= 11 is 5.73. The van der Waals surface area contributed by atoms with Gasteiger partial charge >= 0.3 is 11.9 Å². The van der Waals surface area contributed by atoms with E-state index < -0.39 is 17.4 Å². The number of anilines is 1.